The topological polar surface area (TPSA) is 13.1 Å². The summed E-state index contributed by atoms with van der Waals surface area (Å²) < 4.78 is 4.97. The average molecular weight is 131 g/mol. The van der Waals surface area contributed by atoms with Gasteiger partial charge in [-0.3, -0.25) is 0 Å². The maximum atomic E-state index is 5.51. The van der Waals surface area contributed by atoms with Crippen molar-refractivity contribution in [2.24, 2.45) is 0 Å². The molecule has 1 nitrogen and oxygen atoms in total. The first kappa shape index (κ1) is 5.70. The van der Waals surface area contributed by atoms with Gasteiger partial charge in [-0.25, -0.2) is 0 Å². The maximum Gasteiger partial charge on any atom is 0.105 e. The summed E-state index contributed by atoms with van der Waals surface area (Å²) >= 11 is 5.51. The van der Waals surface area contributed by atoms with Crippen LogP contribution in [-0.2, 0) is 5.88 Å². The van der Waals surface area contributed by atoms with Crippen LogP contribution in [0.4, 0.5) is 0 Å². The molecule has 0 amide bonds. The molecule has 0 bridgehead atoms. The number of hydrogen-bond donors (Lipinski definition) is 0. The van der Waals surface area contributed by atoms with Gasteiger partial charge in [-0.05, 0) is 13.0 Å². The Hall–Kier alpha value is -0.430. The van der Waals surface area contributed by atoms with E-state index in [4.69, 9.17) is 16.0 Å². The van der Waals surface area contributed by atoms with Gasteiger partial charge in [0, 0.05) is 5.56 Å². The molecule has 1 rings (SSSR count). The van der Waals surface area contributed by atoms with Crippen LogP contribution < -0.4 is 0 Å². The number of halogens is 1. The van der Waals surface area contributed by atoms with Crippen LogP contribution in [-0.4, -0.2) is 0 Å². The van der Waals surface area contributed by atoms with E-state index < -0.39 is 0 Å². The molecular formula is C6H7ClO. The minimum absolute atomic E-state index is 0.544. The molecule has 1 aromatic heterocycles. The molecule has 1 aromatic rings. The monoisotopic (exact) mass is 130 g/mol. The van der Waals surface area contributed by atoms with Gasteiger partial charge >= 0.3 is 0 Å². The van der Waals surface area contributed by atoms with Crippen molar-refractivity contribution in [1.82, 2.24) is 0 Å². The molecule has 0 atom stereocenters. The van der Waals surface area contributed by atoms with E-state index in [1.165, 1.54) is 0 Å². The van der Waals surface area contributed by atoms with Gasteiger partial charge in [0.25, 0.3) is 0 Å². The van der Waals surface area contributed by atoms with E-state index in [0.29, 0.717) is 5.88 Å². The van der Waals surface area contributed by atoms with Crippen molar-refractivity contribution < 1.29 is 4.42 Å². The zero-order valence-corrected chi connectivity index (χ0v) is 5.40. The van der Waals surface area contributed by atoms with Crippen LogP contribution in [0.15, 0.2) is 16.7 Å². The molecule has 0 N–H and O–H groups in total. The molecule has 44 valence electrons. The van der Waals surface area contributed by atoms with Crippen molar-refractivity contribution in [3.63, 3.8) is 0 Å². The van der Waals surface area contributed by atoms with Gasteiger partial charge in [0.2, 0.25) is 0 Å². The molecule has 0 fully saturated rings. The van der Waals surface area contributed by atoms with Crippen LogP contribution >= 0.6 is 11.6 Å². The Kier molecular flexibility index (Phi) is 1.59. The molecular weight excluding hydrogens is 124 g/mol. The SMILES string of the molecule is Cc1occc1CCl. The number of alkyl halides is 1. The summed E-state index contributed by atoms with van der Waals surface area (Å²) in [5.41, 5.74) is 1.08. The highest BCUT2D eigenvalue weighted by atomic mass is 35.5. The van der Waals surface area contributed by atoms with Gasteiger partial charge in [-0.15, -0.1) is 11.6 Å². The molecule has 0 aliphatic rings. The number of hydrogen-bond acceptors (Lipinski definition) is 1. The fourth-order valence-electron chi connectivity index (χ4n) is 0.550. The summed E-state index contributed by atoms with van der Waals surface area (Å²) in [6.45, 7) is 1.90. The van der Waals surface area contributed by atoms with Gasteiger partial charge in [0.1, 0.15) is 5.76 Å². The molecule has 8 heavy (non-hydrogen) atoms. The first-order valence-corrected chi connectivity index (χ1v) is 2.97. The van der Waals surface area contributed by atoms with Gasteiger partial charge in [0.05, 0.1) is 12.1 Å². The molecule has 0 spiro atoms. The number of rotatable bonds is 1. The number of aryl methyl sites for hydroxylation is 1. The van der Waals surface area contributed by atoms with Gasteiger partial charge in [-0.1, -0.05) is 0 Å². The van der Waals surface area contributed by atoms with Crippen molar-refractivity contribution in [2.45, 2.75) is 12.8 Å². The minimum atomic E-state index is 0.544. The molecule has 0 aliphatic carbocycles. The van der Waals surface area contributed by atoms with Crippen molar-refractivity contribution in [3.8, 4) is 0 Å². The Morgan fingerprint density at radius 1 is 1.75 bits per heavy atom. The third-order valence-corrected chi connectivity index (χ3v) is 1.40. The lowest BCUT2D eigenvalue weighted by molar-refractivity contribution is 0.531. The Labute approximate surface area is 53.3 Å². The van der Waals surface area contributed by atoms with Crippen molar-refractivity contribution in [3.05, 3.63) is 23.7 Å². The second-order valence-corrected chi connectivity index (χ2v) is 1.90. The summed E-state index contributed by atoms with van der Waals surface area (Å²) in [5.74, 6) is 1.46. The van der Waals surface area contributed by atoms with Crippen molar-refractivity contribution >= 4 is 11.6 Å². The fourth-order valence-corrected chi connectivity index (χ4v) is 0.827. The van der Waals surface area contributed by atoms with Gasteiger partial charge < -0.3 is 4.42 Å². The van der Waals surface area contributed by atoms with Gasteiger partial charge in [0.15, 0.2) is 0 Å². The van der Waals surface area contributed by atoms with E-state index in [1.54, 1.807) is 6.26 Å². The van der Waals surface area contributed by atoms with Crippen molar-refractivity contribution in [1.29, 1.82) is 0 Å². The highest BCUT2D eigenvalue weighted by Crippen LogP contribution is 2.10. The standard InChI is InChI=1S/C6H7ClO/c1-5-6(4-7)2-3-8-5/h2-3H,4H2,1H3. The van der Waals surface area contributed by atoms with E-state index >= 15 is 0 Å². The molecule has 2 heteroatoms. The number of furan rings is 1. The largest absolute Gasteiger partial charge is 0.469 e. The summed E-state index contributed by atoms with van der Waals surface area (Å²) in [4.78, 5) is 0. The lowest BCUT2D eigenvalue weighted by Gasteiger charge is -1.84. The van der Waals surface area contributed by atoms with Crippen LogP contribution in [0.2, 0.25) is 0 Å². The molecule has 0 saturated carbocycles. The van der Waals surface area contributed by atoms with Crippen LogP contribution in [0.1, 0.15) is 11.3 Å². The summed E-state index contributed by atoms with van der Waals surface area (Å²) in [6.07, 6.45) is 1.65. The van der Waals surface area contributed by atoms with Crippen LogP contribution in [0.3, 0.4) is 0 Å². The minimum Gasteiger partial charge on any atom is -0.469 e. The van der Waals surface area contributed by atoms with Crippen molar-refractivity contribution in [2.75, 3.05) is 0 Å². The van der Waals surface area contributed by atoms with E-state index in [-0.39, 0.29) is 0 Å². The Morgan fingerprint density at radius 2 is 2.50 bits per heavy atom. The van der Waals surface area contributed by atoms with E-state index in [0.717, 1.165) is 11.3 Å². The average Bonchev–Trinajstić information content (AvgIpc) is 2.14. The van der Waals surface area contributed by atoms with E-state index in [1.807, 2.05) is 13.0 Å². The highest BCUT2D eigenvalue weighted by Gasteiger charge is 1.95. The molecule has 1 heterocycles. The first-order chi connectivity index (χ1) is 3.84. The third-order valence-electron chi connectivity index (χ3n) is 1.11. The predicted molar refractivity (Wildman–Crippen MR) is 33.0 cm³/mol. The molecule has 0 unspecified atom stereocenters. The summed E-state index contributed by atoms with van der Waals surface area (Å²) in [5, 5.41) is 0. The second-order valence-electron chi connectivity index (χ2n) is 1.64. The van der Waals surface area contributed by atoms with Crippen LogP contribution in [0.5, 0.6) is 0 Å². The van der Waals surface area contributed by atoms with E-state index in [2.05, 4.69) is 0 Å². The third kappa shape index (κ3) is 0.869. The summed E-state index contributed by atoms with van der Waals surface area (Å²) in [6, 6.07) is 1.88. The van der Waals surface area contributed by atoms with Crippen LogP contribution in [0.25, 0.3) is 0 Å². The smallest absolute Gasteiger partial charge is 0.105 e. The second kappa shape index (κ2) is 2.23. The lowest BCUT2D eigenvalue weighted by atomic mass is 10.3. The summed E-state index contributed by atoms with van der Waals surface area (Å²) in [7, 11) is 0. The Morgan fingerprint density at radius 3 is 2.75 bits per heavy atom. The zero-order chi connectivity index (χ0) is 5.98. The Balaban J connectivity index is 2.92. The molecule has 0 saturated heterocycles. The molecule has 0 radical (unpaired) electrons. The quantitative estimate of drug-likeness (QED) is 0.532. The van der Waals surface area contributed by atoms with Crippen LogP contribution in [0, 0.1) is 6.92 Å². The molecule has 0 aromatic carbocycles. The fraction of sp³-hybridized carbons (Fsp3) is 0.333. The highest BCUT2D eigenvalue weighted by molar-refractivity contribution is 6.17. The lowest BCUT2D eigenvalue weighted by Crippen LogP contribution is -1.72. The zero-order valence-electron chi connectivity index (χ0n) is 4.65. The Bertz CT molecular complexity index is 169. The normalized spacial score (nSPS) is 9.75. The van der Waals surface area contributed by atoms with Gasteiger partial charge in [-0.2, -0.15) is 0 Å². The maximum absolute atomic E-state index is 5.51. The van der Waals surface area contributed by atoms with E-state index in [9.17, 15) is 0 Å². The predicted octanol–water partition coefficient (Wildman–Crippen LogP) is 2.33. The first-order valence-electron chi connectivity index (χ1n) is 2.43. The molecule has 0 aliphatic heterocycles.